The first kappa shape index (κ1) is 13.5. The minimum absolute atomic E-state index is 0.00665. The van der Waals surface area contributed by atoms with Gasteiger partial charge in [-0.15, -0.1) is 0 Å². The van der Waals surface area contributed by atoms with Crippen LogP contribution < -0.4 is 10.2 Å². The van der Waals surface area contributed by atoms with Crippen LogP contribution in [0.25, 0.3) is 0 Å². The summed E-state index contributed by atoms with van der Waals surface area (Å²) in [4.78, 5) is 6.35. The van der Waals surface area contributed by atoms with Crippen LogP contribution in [0.15, 0.2) is 18.3 Å². The number of pyridine rings is 1. The van der Waals surface area contributed by atoms with Crippen molar-refractivity contribution in [2.75, 3.05) is 25.5 Å². The molecule has 1 N–H and O–H groups in total. The van der Waals surface area contributed by atoms with Crippen LogP contribution in [0.2, 0.25) is 0 Å². The van der Waals surface area contributed by atoms with Gasteiger partial charge in [0.25, 0.3) is 0 Å². The predicted molar refractivity (Wildman–Crippen MR) is 69.8 cm³/mol. The zero-order chi connectivity index (χ0) is 12.8. The molecule has 0 aromatic carbocycles. The molecule has 2 atom stereocenters. The van der Waals surface area contributed by atoms with Crippen molar-refractivity contribution in [2.45, 2.75) is 19.9 Å². The molecule has 0 bridgehead atoms. The van der Waals surface area contributed by atoms with Crippen molar-refractivity contribution in [2.24, 2.45) is 5.92 Å². The maximum Gasteiger partial charge on any atom is 0.128 e. The van der Waals surface area contributed by atoms with Crippen LogP contribution in [0.3, 0.4) is 0 Å². The van der Waals surface area contributed by atoms with Gasteiger partial charge in [0.2, 0.25) is 0 Å². The van der Waals surface area contributed by atoms with E-state index >= 15 is 0 Å². The molecule has 1 aromatic heterocycles. The minimum Gasteiger partial charge on any atom is -0.358 e. The molecule has 0 amide bonds. The molecule has 2 unspecified atom stereocenters. The van der Waals surface area contributed by atoms with Gasteiger partial charge in [0.15, 0.2) is 0 Å². The Bertz CT molecular complexity index is 397. The van der Waals surface area contributed by atoms with Crippen molar-refractivity contribution >= 4 is 5.82 Å². The second kappa shape index (κ2) is 6.21. The zero-order valence-electron chi connectivity index (χ0n) is 10.9. The van der Waals surface area contributed by atoms with E-state index < -0.39 is 0 Å². The molecule has 1 heterocycles. The fraction of sp³-hybridized carbons (Fsp3) is 0.538. The number of rotatable bonds is 5. The van der Waals surface area contributed by atoms with Crippen LogP contribution in [0.4, 0.5) is 5.82 Å². The van der Waals surface area contributed by atoms with Crippen molar-refractivity contribution < 1.29 is 0 Å². The van der Waals surface area contributed by atoms with Crippen LogP contribution >= 0.6 is 0 Å². The minimum atomic E-state index is 0.00665. The molecule has 1 rings (SSSR count). The lowest BCUT2D eigenvalue weighted by atomic mass is 10.1. The van der Waals surface area contributed by atoms with Crippen molar-refractivity contribution in [3.8, 4) is 6.07 Å². The highest BCUT2D eigenvalue weighted by molar-refractivity contribution is 5.41. The number of hydrogen-bond donors (Lipinski definition) is 1. The summed E-state index contributed by atoms with van der Waals surface area (Å²) in [5, 5.41) is 12.0. The van der Waals surface area contributed by atoms with E-state index in [9.17, 15) is 0 Å². The van der Waals surface area contributed by atoms with Crippen molar-refractivity contribution in [3.05, 3.63) is 23.9 Å². The highest BCUT2D eigenvalue weighted by Crippen LogP contribution is 2.17. The number of aromatic nitrogens is 1. The fourth-order valence-corrected chi connectivity index (χ4v) is 1.62. The molecule has 0 radical (unpaired) electrons. The summed E-state index contributed by atoms with van der Waals surface area (Å²) in [6.45, 7) is 4.72. The number of nitrogens with zero attached hydrogens (tertiary/aromatic N) is 3. The molecule has 4 nitrogen and oxygen atoms in total. The van der Waals surface area contributed by atoms with Crippen molar-refractivity contribution in [1.82, 2.24) is 10.3 Å². The Labute approximate surface area is 103 Å². The average molecular weight is 232 g/mol. The normalized spacial score (nSPS) is 13.8. The fourth-order valence-electron chi connectivity index (χ4n) is 1.62. The van der Waals surface area contributed by atoms with Crippen LogP contribution in [0.5, 0.6) is 0 Å². The monoisotopic (exact) mass is 232 g/mol. The Morgan fingerprint density at radius 2 is 2.24 bits per heavy atom. The van der Waals surface area contributed by atoms with Crippen LogP contribution in [0.1, 0.15) is 25.5 Å². The SMILES string of the molecule is CNC(C)c1ccnc(N(C)CC(C)C#N)c1. The van der Waals surface area contributed by atoms with Crippen LogP contribution in [-0.4, -0.2) is 25.6 Å². The van der Waals surface area contributed by atoms with E-state index in [2.05, 4.69) is 29.4 Å². The van der Waals surface area contributed by atoms with E-state index in [0.29, 0.717) is 12.6 Å². The molecule has 17 heavy (non-hydrogen) atoms. The molecular weight excluding hydrogens is 212 g/mol. The van der Waals surface area contributed by atoms with E-state index in [1.54, 1.807) is 0 Å². The summed E-state index contributed by atoms with van der Waals surface area (Å²) in [5.41, 5.74) is 1.20. The van der Waals surface area contributed by atoms with Crippen LogP contribution in [0, 0.1) is 17.2 Å². The maximum atomic E-state index is 8.80. The number of nitrogens with one attached hydrogen (secondary N) is 1. The third-order valence-electron chi connectivity index (χ3n) is 2.86. The lowest BCUT2D eigenvalue weighted by molar-refractivity contribution is 0.649. The summed E-state index contributed by atoms with van der Waals surface area (Å²) < 4.78 is 0. The number of anilines is 1. The molecule has 0 spiro atoms. The van der Waals surface area contributed by atoms with Crippen LogP contribution in [-0.2, 0) is 0 Å². The average Bonchev–Trinajstić information content (AvgIpc) is 2.37. The molecule has 0 aliphatic heterocycles. The first-order chi connectivity index (χ1) is 8.08. The van der Waals surface area contributed by atoms with Gasteiger partial charge in [0, 0.05) is 25.8 Å². The van der Waals surface area contributed by atoms with Gasteiger partial charge in [-0.2, -0.15) is 5.26 Å². The summed E-state index contributed by atoms with van der Waals surface area (Å²) in [5.74, 6) is 0.916. The molecule has 0 saturated heterocycles. The van der Waals surface area contributed by atoms with E-state index in [0.717, 1.165) is 5.82 Å². The smallest absolute Gasteiger partial charge is 0.128 e. The molecule has 0 aliphatic carbocycles. The molecule has 0 saturated carbocycles. The van der Waals surface area contributed by atoms with Gasteiger partial charge in [0.1, 0.15) is 5.82 Å². The van der Waals surface area contributed by atoms with Crippen molar-refractivity contribution in [3.63, 3.8) is 0 Å². The van der Waals surface area contributed by atoms with E-state index in [1.165, 1.54) is 5.56 Å². The van der Waals surface area contributed by atoms with Gasteiger partial charge in [0.05, 0.1) is 12.0 Å². The Kier molecular flexibility index (Phi) is 4.92. The van der Waals surface area contributed by atoms with Gasteiger partial charge >= 0.3 is 0 Å². The third-order valence-corrected chi connectivity index (χ3v) is 2.86. The number of hydrogen-bond acceptors (Lipinski definition) is 4. The standard InChI is InChI=1S/C13H20N4/c1-10(8-14)9-17(4)13-7-12(5-6-16-13)11(2)15-3/h5-7,10-11,15H,9H2,1-4H3. The third kappa shape index (κ3) is 3.72. The van der Waals surface area contributed by atoms with Gasteiger partial charge in [-0.3, -0.25) is 0 Å². The lowest BCUT2D eigenvalue weighted by Crippen LogP contribution is -2.24. The first-order valence-electron chi connectivity index (χ1n) is 5.82. The van der Waals surface area contributed by atoms with E-state index in [4.69, 9.17) is 5.26 Å². The summed E-state index contributed by atoms with van der Waals surface area (Å²) in [7, 11) is 3.90. The van der Waals surface area contributed by atoms with E-state index in [-0.39, 0.29) is 5.92 Å². The highest BCUT2D eigenvalue weighted by atomic mass is 15.2. The molecule has 4 heteroatoms. The van der Waals surface area contributed by atoms with Crippen molar-refractivity contribution in [1.29, 1.82) is 5.26 Å². The Balaban J connectivity index is 2.81. The predicted octanol–water partition coefficient (Wildman–Crippen LogP) is 1.96. The van der Waals surface area contributed by atoms with Gasteiger partial charge in [-0.05, 0) is 38.6 Å². The summed E-state index contributed by atoms with van der Waals surface area (Å²) in [6, 6.07) is 6.60. The Hall–Kier alpha value is -1.60. The second-order valence-electron chi connectivity index (χ2n) is 4.37. The molecular formula is C13H20N4. The summed E-state index contributed by atoms with van der Waals surface area (Å²) >= 11 is 0. The number of nitriles is 1. The van der Waals surface area contributed by atoms with Gasteiger partial charge in [-0.1, -0.05) is 0 Å². The molecule has 0 fully saturated rings. The largest absolute Gasteiger partial charge is 0.358 e. The molecule has 1 aromatic rings. The maximum absolute atomic E-state index is 8.80. The lowest BCUT2D eigenvalue weighted by Gasteiger charge is -2.20. The molecule has 0 aliphatic rings. The molecule has 92 valence electrons. The van der Waals surface area contributed by atoms with Gasteiger partial charge < -0.3 is 10.2 Å². The zero-order valence-corrected chi connectivity index (χ0v) is 10.9. The Morgan fingerprint density at radius 3 is 2.82 bits per heavy atom. The quantitative estimate of drug-likeness (QED) is 0.843. The summed E-state index contributed by atoms with van der Waals surface area (Å²) in [6.07, 6.45) is 1.81. The topological polar surface area (TPSA) is 52.0 Å². The van der Waals surface area contributed by atoms with Gasteiger partial charge in [-0.25, -0.2) is 4.98 Å². The van der Waals surface area contributed by atoms with E-state index in [1.807, 2.05) is 38.2 Å². The Morgan fingerprint density at radius 1 is 1.53 bits per heavy atom. The second-order valence-corrected chi connectivity index (χ2v) is 4.37. The highest BCUT2D eigenvalue weighted by Gasteiger charge is 2.09. The first-order valence-corrected chi connectivity index (χ1v) is 5.82.